The van der Waals surface area contributed by atoms with Gasteiger partial charge in [0.15, 0.2) is 5.78 Å². The van der Waals surface area contributed by atoms with E-state index in [2.05, 4.69) is 115 Å². The summed E-state index contributed by atoms with van der Waals surface area (Å²) in [4.78, 5) is 17.1. The topological polar surface area (TPSA) is 50.2 Å². The zero-order chi connectivity index (χ0) is 41.0. The Balaban J connectivity index is 0.000000295. The van der Waals surface area contributed by atoms with Crippen LogP contribution in [0.4, 0.5) is 0 Å². The van der Waals surface area contributed by atoms with Gasteiger partial charge >= 0.3 is 0 Å². The van der Waals surface area contributed by atoms with Crippen molar-refractivity contribution in [3.63, 3.8) is 0 Å². The summed E-state index contributed by atoms with van der Waals surface area (Å²) in [6, 6.07) is 26.5. The first-order chi connectivity index (χ1) is 26.2. The fraction of sp³-hybridized carbons (Fsp3) is 0.462. The van der Waals surface area contributed by atoms with E-state index >= 15 is 0 Å². The molecule has 0 aliphatic heterocycles. The average Bonchev–Trinajstić information content (AvgIpc) is 3.56. The second kappa shape index (κ2) is 16.4. The van der Waals surface area contributed by atoms with E-state index in [4.69, 9.17) is 4.98 Å². The summed E-state index contributed by atoms with van der Waals surface area (Å²) < 4.78 is 2.76. The summed E-state index contributed by atoms with van der Waals surface area (Å²) in [6.45, 7) is 28.6. The number of carbonyl (C=O) groups is 1. The molecule has 57 heavy (non-hydrogen) atoms. The summed E-state index contributed by atoms with van der Waals surface area (Å²) in [5.74, 6) is 0.286. The summed E-state index contributed by atoms with van der Waals surface area (Å²) in [5.41, 5.74) is 6.30. The van der Waals surface area contributed by atoms with Crippen LogP contribution >= 0.6 is 11.3 Å². The molecule has 2 heterocycles. The van der Waals surface area contributed by atoms with E-state index in [9.17, 15) is 9.90 Å². The molecule has 2 aromatic heterocycles. The van der Waals surface area contributed by atoms with Gasteiger partial charge in [0.1, 0.15) is 5.76 Å². The number of thiophene rings is 1. The Morgan fingerprint density at radius 1 is 0.772 bits per heavy atom. The zero-order valence-corrected chi connectivity index (χ0v) is 39.9. The SMILES string of the molecule is CC(C)(C)c1cc(-c2cc3c(ccc4c5cc6c(cc5sc34)C(C)(C)CCC6(C)C)cn2)[c-]c2ccccc12.CCC(C)(CC)C(=O)/C=C(\O)C(C)(CC)CC.[Ir]. The molecule has 4 aromatic carbocycles. The molecule has 7 rings (SSSR count). The maximum absolute atomic E-state index is 12.2. The van der Waals surface area contributed by atoms with Crippen LogP contribution in [0, 0.1) is 16.9 Å². The minimum absolute atomic E-state index is 0. The van der Waals surface area contributed by atoms with Crippen molar-refractivity contribution in [2.24, 2.45) is 10.8 Å². The molecule has 0 atom stereocenters. The number of rotatable bonds is 8. The number of ketones is 1. The van der Waals surface area contributed by atoms with Crippen LogP contribution in [0.5, 0.6) is 0 Å². The maximum atomic E-state index is 12.2. The molecule has 5 heteroatoms. The van der Waals surface area contributed by atoms with Crippen LogP contribution in [0.2, 0.25) is 0 Å². The van der Waals surface area contributed by atoms with Gasteiger partial charge in [-0.25, -0.2) is 0 Å². The molecule has 1 aliphatic carbocycles. The van der Waals surface area contributed by atoms with E-state index in [1.807, 2.05) is 59.1 Å². The quantitative estimate of drug-likeness (QED) is 0.0939. The van der Waals surface area contributed by atoms with Gasteiger partial charge in [-0.1, -0.05) is 137 Å². The number of hydrogen-bond donors (Lipinski definition) is 1. The molecule has 0 fully saturated rings. The Morgan fingerprint density at radius 2 is 1.37 bits per heavy atom. The number of hydrogen-bond acceptors (Lipinski definition) is 4. The molecule has 0 unspecified atom stereocenters. The van der Waals surface area contributed by atoms with Crippen molar-refractivity contribution in [2.75, 3.05) is 0 Å². The van der Waals surface area contributed by atoms with Crippen molar-refractivity contribution in [3.8, 4) is 11.3 Å². The standard InChI is InChI=1S/C37H36NS.C15H28O2.Ir/c1-35(2,3)29-17-24(16-22-10-8-9-11-25(22)29)32-19-27-23(21-38-32)12-13-26-28-18-30-31(20-33(28)39-34(26)27)37(6,7)15-14-36(30,4)5;1-7-14(5,8-2)12(16)11-13(17)15(6,9-3)10-4;/h8-13,17-21H,14-15H2,1-7H3;11,16H,7-10H2,1-6H3;/q-1;;/b;12-11-;. The number of aliphatic hydroxyl groups is 1. The van der Waals surface area contributed by atoms with Gasteiger partial charge in [-0.15, -0.1) is 40.5 Å². The largest absolute Gasteiger partial charge is 0.512 e. The van der Waals surface area contributed by atoms with Crippen molar-refractivity contribution in [3.05, 3.63) is 101 Å². The van der Waals surface area contributed by atoms with Crippen molar-refractivity contribution in [2.45, 2.75) is 145 Å². The van der Waals surface area contributed by atoms with Crippen molar-refractivity contribution >= 4 is 58.8 Å². The third-order valence-electron chi connectivity index (χ3n) is 13.8. The molecule has 1 aliphatic rings. The molecule has 0 spiro atoms. The zero-order valence-electron chi connectivity index (χ0n) is 36.7. The smallest absolute Gasteiger partial charge is 0.164 e. The maximum Gasteiger partial charge on any atom is 0.164 e. The van der Waals surface area contributed by atoms with Crippen molar-refractivity contribution in [1.82, 2.24) is 4.98 Å². The number of pyridine rings is 1. The van der Waals surface area contributed by atoms with Crippen LogP contribution < -0.4 is 0 Å². The predicted octanol–water partition coefficient (Wildman–Crippen LogP) is 15.5. The number of allylic oxidation sites excluding steroid dienone is 2. The summed E-state index contributed by atoms with van der Waals surface area (Å²) in [5, 5.41) is 17.8. The monoisotopic (exact) mass is 959 g/mol. The predicted molar refractivity (Wildman–Crippen MR) is 243 cm³/mol. The summed E-state index contributed by atoms with van der Waals surface area (Å²) >= 11 is 1.94. The van der Waals surface area contributed by atoms with Gasteiger partial charge in [0.05, 0.1) is 0 Å². The number of nitrogens with zero attached hydrogens (tertiary/aromatic N) is 1. The van der Waals surface area contributed by atoms with E-state index in [1.54, 1.807) is 0 Å². The van der Waals surface area contributed by atoms with Gasteiger partial charge < -0.3 is 5.11 Å². The Kier molecular flexibility index (Phi) is 12.8. The normalized spacial score (nSPS) is 15.6. The molecule has 6 aromatic rings. The second-order valence-electron chi connectivity index (χ2n) is 19.3. The second-order valence-corrected chi connectivity index (χ2v) is 20.4. The van der Waals surface area contributed by atoms with Crippen LogP contribution in [0.15, 0.2) is 78.7 Å². The molecule has 0 bridgehead atoms. The third-order valence-corrected chi connectivity index (χ3v) is 15.0. The number of benzene rings is 4. The van der Waals surface area contributed by atoms with Crippen LogP contribution in [0.25, 0.3) is 53.0 Å². The Bertz CT molecular complexity index is 2470. The molecule has 1 N–H and O–H groups in total. The van der Waals surface area contributed by atoms with Crippen molar-refractivity contribution < 1.29 is 30.0 Å². The fourth-order valence-corrected chi connectivity index (χ4v) is 9.58. The van der Waals surface area contributed by atoms with Crippen LogP contribution in [-0.4, -0.2) is 15.9 Å². The number of aliphatic hydroxyl groups excluding tert-OH is 1. The molecule has 305 valence electrons. The number of aromatic nitrogens is 1. The van der Waals surface area contributed by atoms with Crippen LogP contribution in [0.1, 0.15) is 145 Å². The van der Waals surface area contributed by atoms with Crippen LogP contribution in [-0.2, 0) is 41.1 Å². The summed E-state index contributed by atoms with van der Waals surface area (Å²) in [6.07, 6.45) is 9.27. The molecule has 3 nitrogen and oxygen atoms in total. The fourth-order valence-electron chi connectivity index (χ4n) is 8.33. The van der Waals surface area contributed by atoms with E-state index in [0.717, 1.165) is 42.3 Å². The van der Waals surface area contributed by atoms with E-state index in [1.165, 1.54) is 71.9 Å². The first-order valence-corrected chi connectivity index (χ1v) is 21.7. The average molecular weight is 959 g/mol. The minimum Gasteiger partial charge on any atom is -0.512 e. The third kappa shape index (κ3) is 8.41. The van der Waals surface area contributed by atoms with Gasteiger partial charge in [0.25, 0.3) is 0 Å². The number of carbonyl (C=O) groups excluding carboxylic acids is 1. The Labute approximate surface area is 360 Å². The van der Waals surface area contributed by atoms with Crippen LogP contribution in [0.3, 0.4) is 0 Å². The summed E-state index contributed by atoms with van der Waals surface area (Å²) in [7, 11) is 0. The molecule has 0 amide bonds. The van der Waals surface area contributed by atoms with Gasteiger partial charge in [0.2, 0.25) is 0 Å². The Hall–Kier alpha value is -3.37. The van der Waals surface area contributed by atoms with Gasteiger partial charge in [-0.2, -0.15) is 0 Å². The van der Waals surface area contributed by atoms with Gasteiger partial charge in [-0.05, 0) is 83.4 Å². The molecule has 0 saturated heterocycles. The van der Waals surface area contributed by atoms with Gasteiger partial charge in [-0.3, -0.25) is 9.78 Å². The molecular weight excluding hydrogens is 895 g/mol. The van der Waals surface area contributed by atoms with Crippen molar-refractivity contribution in [1.29, 1.82) is 0 Å². The molecule has 0 saturated carbocycles. The molecular formula is C52H64IrNO2S-. The Morgan fingerprint density at radius 3 is 1.96 bits per heavy atom. The van der Waals surface area contributed by atoms with E-state index in [0.29, 0.717) is 0 Å². The minimum atomic E-state index is -0.337. The van der Waals surface area contributed by atoms with E-state index in [-0.39, 0.29) is 58.7 Å². The molecule has 1 radical (unpaired) electrons. The number of fused-ring (bicyclic) bond motifs is 7. The first kappa shape index (κ1) is 44.7. The first-order valence-electron chi connectivity index (χ1n) is 20.9. The van der Waals surface area contributed by atoms with Gasteiger partial charge in [0, 0.05) is 74.5 Å². The van der Waals surface area contributed by atoms with E-state index < -0.39 is 0 Å².